The first kappa shape index (κ1) is 24.9. The van der Waals surface area contributed by atoms with Crippen LogP contribution in [-0.2, 0) is 17.8 Å². The van der Waals surface area contributed by atoms with Gasteiger partial charge in [0.1, 0.15) is 29.2 Å². The molecule has 1 unspecified atom stereocenters. The molecular formula is C30H32N6O4. The van der Waals surface area contributed by atoms with Gasteiger partial charge < -0.3 is 30.3 Å². The summed E-state index contributed by atoms with van der Waals surface area (Å²) >= 11 is 0. The van der Waals surface area contributed by atoms with Crippen molar-refractivity contribution in [2.45, 2.75) is 37.5 Å². The summed E-state index contributed by atoms with van der Waals surface area (Å²) in [6.45, 7) is 5.27. The van der Waals surface area contributed by atoms with Crippen LogP contribution in [0.3, 0.4) is 0 Å². The molecule has 4 heterocycles. The van der Waals surface area contributed by atoms with Crippen molar-refractivity contribution in [1.82, 2.24) is 20.1 Å². The summed E-state index contributed by atoms with van der Waals surface area (Å²) in [4.78, 5) is 33.5. The van der Waals surface area contributed by atoms with Crippen LogP contribution in [0.25, 0.3) is 0 Å². The number of piperazine rings is 1. The van der Waals surface area contributed by atoms with Crippen LogP contribution in [0.1, 0.15) is 29.0 Å². The number of hydrogen-bond donors (Lipinski definition) is 3. The number of aromatic nitrogens is 1. The molecule has 1 aliphatic carbocycles. The number of carbonyl (C=O) groups is 2. The lowest BCUT2D eigenvalue weighted by Gasteiger charge is -2.32. The maximum atomic E-state index is 12.8. The number of amides is 3. The molecule has 3 N–H and O–H groups in total. The lowest BCUT2D eigenvalue weighted by molar-refractivity contribution is -0.116. The lowest BCUT2D eigenvalue weighted by Crippen LogP contribution is -2.43. The van der Waals surface area contributed by atoms with Crippen LogP contribution < -0.4 is 25.4 Å². The smallest absolute Gasteiger partial charge is 0.319 e. The van der Waals surface area contributed by atoms with Crippen LogP contribution >= 0.6 is 0 Å². The zero-order chi connectivity index (χ0) is 27.2. The van der Waals surface area contributed by atoms with Crippen LogP contribution in [0.15, 0.2) is 54.7 Å². The maximum absolute atomic E-state index is 12.8. The molecule has 3 aliphatic heterocycles. The van der Waals surface area contributed by atoms with E-state index in [1.54, 1.807) is 6.20 Å². The number of pyridine rings is 1. The van der Waals surface area contributed by atoms with Gasteiger partial charge in [0.15, 0.2) is 0 Å². The van der Waals surface area contributed by atoms with Crippen molar-refractivity contribution in [3.05, 3.63) is 71.4 Å². The first-order valence-electron chi connectivity index (χ1n) is 13.8. The molecule has 1 saturated carbocycles. The molecule has 2 fully saturated rings. The number of anilines is 2. The van der Waals surface area contributed by atoms with Crippen LogP contribution in [0, 0.1) is 0 Å². The van der Waals surface area contributed by atoms with Gasteiger partial charge in [0.05, 0.1) is 12.0 Å². The summed E-state index contributed by atoms with van der Waals surface area (Å²) in [5.41, 5.74) is 3.93. The number of benzene rings is 2. The molecule has 0 bridgehead atoms. The molecule has 2 aromatic carbocycles. The van der Waals surface area contributed by atoms with E-state index in [0.717, 1.165) is 55.3 Å². The van der Waals surface area contributed by atoms with E-state index in [2.05, 4.69) is 49.9 Å². The minimum atomic E-state index is -0.241. The highest BCUT2D eigenvalue weighted by atomic mass is 16.5. The Hall–Kier alpha value is -4.15. The summed E-state index contributed by atoms with van der Waals surface area (Å²) in [6, 6.07) is 15.3. The molecule has 3 atom stereocenters. The zero-order valence-electron chi connectivity index (χ0n) is 22.4. The number of rotatable bonds is 6. The molecule has 10 nitrogen and oxygen atoms in total. The Morgan fingerprint density at radius 3 is 2.75 bits per heavy atom. The normalized spacial score (nSPS) is 23.2. The molecule has 40 heavy (non-hydrogen) atoms. The predicted molar refractivity (Wildman–Crippen MR) is 150 cm³/mol. The fraction of sp³-hybridized carbons (Fsp3) is 0.367. The zero-order valence-corrected chi connectivity index (χ0v) is 22.4. The third kappa shape index (κ3) is 4.96. The number of nitrogens with zero attached hydrogens (tertiary/aromatic N) is 3. The SMILES string of the molecule is CN1CCN(Cc2ccc(NC(=O)NC3[C@H]4Oc5ccc(Oc6ccnc7c6CCC(=O)N7)cc5[C@@H]34)cc2)CC1. The number of ether oxygens (including phenoxy) is 2. The van der Waals surface area contributed by atoms with E-state index in [1.807, 2.05) is 36.4 Å². The highest BCUT2D eigenvalue weighted by Gasteiger charge is 2.59. The summed E-state index contributed by atoms with van der Waals surface area (Å²) < 4.78 is 12.3. The Kier molecular flexibility index (Phi) is 6.28. The Labute approximate surface area is 232 Å². The van der Waals surface area contributed by atoms with Gasteiger partial charge in [-0.1, -0.05) is 12.1 Å². The molecule has 7 rings (SSSR count). The van der Waals surface area contributed by atoms with Crippen LogP contribution in [0.5, 0.6) is 17.2 Å². The quantitative estimate of drug-likeness (QED) is 0.439. The van der Waals surface area contributed by atoms with E-state index in [9.17, 15) is 9.59 Å². The molecule has 0 spiro atoms. The van der Waals surface area contributed by atoms with E-state index in [4.69, 9.17) is 9.47 Å². The van der Waals surface area contributed by atoms with Gasteiger partial charge in [0.2, 0.25) is 5.91 Å². The van der Waals surface area contributed by atoms with Crippen LogP contribution in [0.2, 0.25) is 0 Å². The van der Waals surface area contributed by atoms with Crippen molar-refractivity contribution in [2.24, 2.45) is 0 Å². The second-order valence-electron chi connectivity index (χ2n) is 11.0. The second-order valence-corrected chi connectivity index (χ2v) is 11.0. The topological polar surface area (TPSA) is 108 Å². The van der Waals surface area contributed by atoms with Gasteiger partial charge in [-0.2, -0.15) is 0 Å². The molecule has 1 saturated heterocycles. The third-order valence-electron chi connectivity index (χ3n) is 8.17. The van der Waals surface area contributed by atoms with E-state index >= 15 is 0 Å². The molecular weight excluding hydrogens is 508 g/mol. The average Bonchev–Trinajstić information content (AvgIpc) is 3.46. The van der Waals surface area contributed by atoms with Crippen molar-refractivity contribution in [3.8, 4) is 17.2 Å². The first-order valence-corrected chi connectivity index (χ1v) is 13.8. The summed E-state index contributed by atoms with van der Waals surface area (Å²) in [6.07, 6.45) is 2.55. The Bertz CT molecular complexity index is 1450. The largest absolute Gasteiger partial charge is 0.487 e. The number of fused-ring (bicyclic) bond motifs is 4. The lowest BCUT2D eigenvalue weighted by atomic mass is 10.1. The fourth-order valence-corrected chi connectivity index (χ4v) is 5.83. The minimum Gasteiger partial charge on any atom is -0.487 e. The summed E-state index contributed by atoms with van der Waals surface area (Å²) in [5.74, 6) is 2.79. The van der Waals surface area contributed by atoms with E-state index in [0.29, 0.717) is 30.2 Å². The third-order valence-corrected chi connectivity index (χ3v) is 8.17. The molecule has 1 aromatic heterocycles. The molecule has 3 aromatic rings. The van der Waals surface area contributed by atoms with E-state index in [-0.39, 0.29) is 30.0 Å². The van der Waals surface area contributed by atoms with Crippen molar-refractivity contribution in [1.29, 1.82) is 0 Å². The predicted octanol–water partition coefficient (Wildman–Crippen LogP) is 3.55. The van der Waals surface area contributed by atoms with Gasteiger partial charge in [-0.15, -0.1) is 0 Å². The summed E-state index contributed by atoms with van der Waals surface area (Å²) in [5, 5.41) is 8.82. The van der Waals surface area contributed by atoms with E-state index in [1.165, 1.54) is 5.56 Å². The Morgan fingerprint density at radius 1 is 1.10 bits per heavy atom. The van der Waals surface area contributed by atoms with E-state index < -0.39 is 0 Å². The van der Waals surface area contributed by atoms with Gasteiger partial charge in [-0.3, -0.25) is 9.69 Å². The van der Waals surface area contributed by atoms with Gasteiger partial charge in [-0.25, -0.2) is 9.78 Å². The first-order chi connectivity index (χ1) is 19.5. The second kappa shape index (κ2) is 10.1. The maximum Gasteiger partial charge on any atom is 0.319 e. The number of nitrogens with one attached hydrogen (secondary N) is 3. The van der Waals surface area contributed by atoms with Gasteiger partial charge >= 0.3 is 6.03 Å². The number of likely N-dealkylation sites (N-methyl/N-ethyl adjacent to an activating group) is 1. The Balaban J connectivity index is 0.950. The van der Waals surface area contributed by atoms with Crippen molar-refractivity contribution >= 4 is 23.4 Å². The molecule has 4 aliphatic rings. The van der Waals surface area contributed by atoms with Crippen molar-refractivity contribution in [3.63, 3.8) is 0 Å². The Morgan fingerprint density at radius 2 is 1.93 bits per heavy atom. The van der Waals surface area contributed by atoms with Crippen LogP contribution in [0.4, 0.5) is 16.3 Å². The monoisotopic (exact) mass is 540 g/mol. The van der Waals surface area contributed by atoms with Gasteiger partial charge in [0.25, 0.3) is 0 Å². The molecule has 206 valence electrons. The fourth-order valence-electron chi connectivity index (χ4n) is 5.83. The highest BCUT2D eigenvalue weighted by molar-refractivity contribution is 5.93. The minimum absolute atomic E-state index is 0.0348. The van der Waals surface area contributed by atoms with Gasteiger partial charge in [0, 0.05) is 62.2 Å². The number of hydrogen-bond acceptors (Lipinski definition) is 7. The van der Waals surface area contributed by atoms with Crippen molar-refractivity contribution < 1.29 is 19.1 Å². The highest BCUT2D eigenvalue weighted by Crippen LogP contribution is 2.54. The van der Waals surface area contributed by atoms with Gasteiger partial charge in [-0.05, 0) is 55.4 Å². The standard InChI is InChI=1S/C30H32N6O4/c1-35-12-14-36(15-13-35)17-18-2-4-19(5-3-18)32-30(38)34-27-26-22-16-20(6-8-23(22)40-28(26)27)39-24-10-11-31-29-21(24)7-9-25(37)33-29/h2-6,8,10-11,16,26-28H,7,9,12-15,17H2,1H3,(H,31,33,37)(H2,32,34,38)/t26-,27?,28-/m0/s1. The van der Waals surface area contributed by atoms with Crippen molar-refractivity contribution in [2.75, 3.05) is 43.9 Å². The number of carbonyl (C=O) groups excluding carboxylic acids is 2. The molecule has 3 amide bonds. The molecule has 0 radical (unpaired) electrons. The van der Waals surface area contributed by atoms with Crippen LogP contribution in [-0.4, -0.2) is 72.1 Å². The average molecular weight is 541 g/mol. The number of urea groups is 1. The summed E-state index contributed by atoms with van der Waals surface area (Å²) in [7, 11) is 2.16. The molecule has 10 heteroatoms.